The number of anilines is 1. The molecule has 9 heteroatoms. The van der Waals surface area contributed by atoms with Crippen molar-refractivity contribution in [3.63, 3.8) is 0 Å². The molecule has 0 aliphatic rings. The van der Waals surface area contributed by atoms with Gasteiger partial charge >= 0.3 is 0 Å². The van der Waals surface area contributed by atoms with E-state index in [-0.39, 0.29) is 17.1 Å². The SMILES string of the molecule is COc1ccc(-c2cc(C(=O)Nc3cc(=O)n(C)cn3)ncn2)cc1Cl. The van der Waals surface area contributed by atoms with E-state index in [4.69, 9.17) is 16.3 Å². The van der Waals surface area contributed by atoms with Crippen LogP contribution in [0.15, 0.2) is 47.8 Å². The lowest BCUT2D eigenvalue weighted by Crippen LogP contribution is -2.20. The number of benzene rings is 1. The number of ether oxygens (including phenoxy) is 1. The molecule has 3 rings (SSSR count). The van der Waals surface area contributed by atoms with Crippen LogP contribution >= 0.6 is 11.6 Å². The molecule has 2 heterocycles. The first kappa shape index (κ1) is 17.6. The third-order valence-electron chi connectivity index (χ3n) is 3.57. The van der Waals surface area contributed by atoms with E-state index in [1.54, 1.807) is 25.2 Å². The van der Waals surface area contributed by atoms with Crippen LogP contribution < -0.4 is 15.6 Å². The molecule has 1 aromatic carbocycles. The molecular formula is C17H14ClN5O3. The highest BCUT2D eigenvalue weighted by atomic mass is 35.5. The summed E-state index contributed by atoms with van der Waals surface area (Å²) >= 11 is 6.13. The molecule has 1 N–H and O–H groups in total. The van der Waals surface area contributed by atoms with Crippen molar-refractivity contribution in [1.29, 1.82) is 0 Å². The van der Waals surface area contributed by atoms with Crippen LogP contribution in [0.5, 0.6) is 5.75 Å². The number of hydrogen-bond donors (Lipinski definition) is 1. The fourth-order valence-electron chi connectivity index (χ4n) is 2.18. The molecule has 0 saturated carbocycles. The van der Waals surface area contributed by atoms with Crippen molar-refractivity contribution < 1.29 is 9.53 Å². The van der Waals surface area contributed by atoms with Crippen LogP contribution in [0.3, 0.4) is 0 Å². The lowest BCUT2D eigenvalue weighted by molar-refractivity contribution is 0.102. The first-order valence-electron chi connectivity index (χ1n) is 7.48. The van der Waals surface area contributed by atoms with Gasteiger partial charge in [0, 0.05) is 18.7 Å². The number of nitrogens with one attached hydrogen (secondary N) is 1. The standard InChI is InChI=1S/C17H14ClN5O3/c1-23-9-21-15(7-16(23)24)22-17(25)13-6-12(19-8-20-13)10-3-4-14(26-2)11(18)5-10/h3-9H,1-2H3,(H,22,25). The number of rotatable bonds is 4. The van der Waals surface area contributed by atoms with Crippen molar-refractivity contribution in [3.05, 3.63) is 64.1 Å². The van der Waals surface area contributed by atoms with E-state index in [2.05, 4.69) is 20.3 Å². The lowest BCUT2D eigenvalue weighted by atomic mass is 10.1. The third-order valence-corrected chi connectivity index (χ3v) is 3.86. The number of nitrogens with zero attached hydrogens (tertiary/aromatic N) is 4. The highest BCUT2D eigenvalue weighted by molar-refractivity contribution is 6.32. The Morgan fingerprint density at radius 2 is 2.00 bits per heavy atom. The number of amides is 1. The van der Waals surface area contributed by atoms with Gasteiger partial charge in [-0.05, 0) is 24.3 Å². The number of methoxy groups -OCH3 is 1. The zero-order valence-electron chi connectivity index (χ0n) is 13.9. The van der Waals surface area contributed by atoms with Gasteiger partial charge in [0.15, 0.2) is 0 Å². The molecule has 0 unspecified atom stereocenters. The summed E-state index contributed by atoms with van der Waals surface area (Å²) in [5.41, 5.74) is 1.07. The minimum absolute atomic E-state index is 0.129. The molecule has 0 radical (unpaired) electrons. The minimum atomic E-state index is -0.506. The topological polar surface area (TPSA) is 99.0 Å². The van der Waals surface area contributed by atoms with Crippen molar-refractivity contribution in [2.24, 2.45) is 7.05 Å². The van der Waals surface area contributed by atoms with Crippen molar-refractivity contribution in [1.82, 2.24) is 19.5 Å². The summed E-state index contributed by atoms with van der Waals surface area (Å²) in [6.45, 7) is 0. The van der Waals surface area contributed by atoms with Gasteiger partial charge < -0.3 is 14.6 Å². The molecule has 0 atom stereocenters. The number of carbonyl (C=O) groups excluding carboxylic acids is 1. The monoisotopic (exact) mass is 371 g/mol. The van der Waals surface area contributed by atoms with Gasteiger partial charge in [-0.3, -0.25) is 9.59 Å². The fourth-order valence-corrected chi connectivity index (χ4v) is 2.43. The maximum Gasteiger partial charge on any atom is 0.275 e. The van der Waals surface area contributed by atoms with Crippen molar-refractivity contribution in [2.45, 2.75) is 0 Å². The molecule has 0 aliphatic carbocycles. The maximum atomic E-state index is 12.4. The van der Waals surface area contributed by atoms with Crippen LogP contribution in [0.4, 0.5) is 5.82 Å². The second-order valence-electron chi connectivity index (χ2n) is 5.32. The van der Waals surface area contributed by atoms with Crippen LogP contribution in [0.2, 0.25) is 5.02 Å². The first-order chi connectivity index (χ1) is 12.5. The molecule has 0 fully saturated rings. The Labute approximate surface area is 153 Å². The predicted octanol–water partition coefficient (Wildman–Crippen LogP) is 2.15. The van der Waals surface area contributed by atoms with Gasteiger partial charge in [0.1, 0.15) is 23.6 Å². The van der Waals surface area contributed by atoms with E-state index in [0.717, 1.165) is 0 Å². The third kappa shape index (κ3) is 3.70. The van der Waals surface area contributed by atoms with Gasteiger partial charge in [0.05, 0.1) is 24.2 Å². The molecule has 0 aliphatic heterocycles. The molecule has 8 nitrogen and oxygen atoms in total. The molecule has 0 spiro atoms. The molecule has 132 valence electrons. The average molecular weight is 372 g/mol. The Kier molecular flexibility index (Phi) is 4.94. The Bertz CT molecular complexity index is 1030. The zero-order valence-corrected chi connectivity index (χ0v) is 14.7. The molecule has 0 bridgehead atoms. The maximum absolute atomic E-state index is 12.4. The van der Waals surface area contributed by atoms with E-state index in [9.17, 15) is 9.59 Å². The molecule has 26 heavy (non-hydrogen) atoms. The fraction of sp³-hybridized carbons (Fsp3) is 0.118. The van der Waals surface area contributed by atoms with E-state index in [1.165, 1.54) is 36.5 Å². The Morgan fingerprint density at radius 1 is 1.19 bits per heavy atom. The number of hydrogen-bond acceptors (Lipinski definition) is 6. The van der Waals surface area contributed by atoms with Gasteiger partial charge in [-0.25, -0.2) is 15.0 Å². The summed E-state index contributed by atoms with van der Waals surface area (Å²) in [7, 11) is 3.09. The summed E-state index contributed by atoms with van der Waals surface area (Å²) in [6.07, 6.45) is 2.60. The van der Waals surface area contributed by atoms with E-state index in [0.29, 0.717) is 22.0 Å². The summed E-state index contributed by atoms with van der Waals surface area (Å²) in [5, 5.41) is 2.96. The Balaban J connectivity index is 1.86. The summed E-state index contributed by atoms with van der Waals surface area (Å²) in [4.78, 5) is 36.1. The quantitative estimate of drug-likeness (QED) is 0.754. The van der Waals surface area contributed by atoms with E-state index < -0.39 is 5.91 Å². The van der Waals surface area contributed by atoms with Gasteiger partial charge in [0.2, 0.25) is 0 Å². The smallest absolute Gasteiger partial charge is 0.275 e. The molecule has 2 aromatic heterocycles. The van der Waals surface area contributed by atoms with E-state index >= 15 is 0 Å². The van der Waals surface area contributed by atoms with Gasteiger partial charge in [-0.1, -0.05) is 11.6 Å². The normalized spacial score (nSPS) is 10.4. The second-order valence-corrected chi connectivity index (χ2v) is 5.72. The van der Waals surface area contributed by atoms with Crippen molar-refractivity contribution in [3.8, 4) is 17.0 Å². The van der Waals surface area contributed by atoms with Crippen LogP contribution in [0.1, 0.15) is 10.5 Å². The molecule has 1 amide bonds. The largest absolute Gasteiger partial charge is 0.495 e. The highest BCUT2D eigenvalue weighted by Gasteiger charge is 2.12. The van der Waals surface area contributed by atoms with E-state index in [1.807, 2.05) is 0 Å². The summed E-state index contributed by atoms with van der Waals surface area (Å²) in [5.74, 6) is 0.180. The minimum Gasteiger partial charge on any atom is -0.495 e. The number of aryl methyl sites for hydroxylation is 1. The summed E-state index contributed by atoms with van der Waals surface area (Å²) < 4.78 is 6.42. The van der Waals surface area contributed by atoms with Crippen LogP contribution in [-0.4, -0.2) is 32.5 Å². The summed E-state index contributed by atoms with van der Waals surface area (Å²) in [6, 6.07) is 7.92. The highest BCUT2D eigenvalue weighted by Crippen LogP contribution is 2.29. The van der Waals surface area contributed by atoms with Gasteiger partial charge in [0.25, 0.3) is 11.5 Å². The lowest BCUT2D eigenvalue weighted by Gasteiger charge is -2.07. The second kappa shape index (κ2) is 7.32. The van der Waals surface area contributed by atoms with Gasteiger partial charge in [-0.2, -0.15) is 0 Å². The molecule has 3 aromatic rings. The number of halogens is 1. The van der Waals surface area contributed by atoms with Crippen molar-refractivity contribution >= 4 is 23.3 Å². The Morgan fingerprint density at radius 3 is 2.69 bits per heavy atom. The van der Waals surface area contributed by atoms with Crippen LogP contribution in [0, 0.1) is 0 Å². The molecule has 0 saturated heterocycles. The predicted molar refractivity (Wildman–Crippen MR) is 96.5 cm³/mol. The number of aromatic nitrogens is 4. The molecular weight excluding hydrogens is 358 g/mol. The zero-order chi connectivity index (χ0) is 18.7. The van der Waals surface area contributed by atoms with Crippen LogP contribution in [-0.2, 0) is 7.05 Å². The van der Waals surface area contributed by atoms with Gasteiger partial charge in [-0.15, -0.1) is 0 Å². The van der Waals surface area contributed by atoms with Crippen molar-refractivity contribution in [2.75, 3.05) is 12.4 Å². The number of carbonyl (C=O) groups is 1. The van der Waals surface area contributed by atoms with Crippen LogP contribution in [0.25, 0.3) is 11.3 Å². The first-order valence-corrected chi connectivity index (χ1v) is 7.85. The Hall–Kier alpha value is -3.26. The average Bonchev–Trinajstić information content (AvgIpc) is 2.64.